The monoisotopic (exact) mass is 296 g/mol. The summed E-state index contributed by atoms with van der Waals surface area (Å²) in [6.45, 7) is 1.48. The van der Waals surface area contributed by atoms with Gasteiger partial charge in [0.05, 0.1) is 5.69 Å². The summed E-state index contributed by atoms with van der Waals surface area (Å²) < 4.78 is 41.1. The lowest BCUT2D eigenvalue weighted by atomic mass is 10.2. The van der Waals surface area contributed by atoms with Crippen LogP contribution in [0.25, 0.3) is 0 Å². The minimum atomic E-state index is -1.31. The summed E-state index contributed by atoms with van der Waals surface area (Å²) in [6.07, 6.45) is 2.43. The van der Waals surface area contributed by atoms with Gasteiger partial charge in [-0.15, -0.1) is 0 Å². The Morgan fingerprint density at radius 2 is 2.00 bits per heavy atom. The number of hydrogen-bond acceptors (Lipinski definition) is 3. The van der Waals surface area contributed by atoms with E-state index in [0.29, 0.717) is 18.1 Å². The van der Waals surface area contributed by atoms with Crippen molar-refractivity contribution in [3.05, 3.63) is 41.5 Å². The van der Waals surface area contributed by atoms with Crippen molar-refractivity contribution in [2.45, 2.75) is 13.0 Å². The third-order valence-corrected chi connectivity index (χ3v) is 3.13. The summed E-state index contributed by atoms with van der Waals surface area (Å²) in [5.41, 5.74) is -0.360. The summed E-state index contributed by atoms with van der Waals surface area (Å²) in [4.78, 5) is 16.0. The number of anilines is 2. The van der Waals surface area contributed by atoms with Crippen molar-refractivity contribution in [3.8, 4) is 0 Å². The van der Waals surface area contributed by atoms with Crippen LogP contribution >= 0.6 is 0 Å². The predicted molar refractivity (Wildman–Crippen MR) is 69.6 cm³/mol. The molecule has 8 heteroatoms. The molecule has 1 aromatic carbocycles. The molecule has 1 amide bonds. The molecule has 110 valence electrons. The van der Waals surface area contributed by atoms with E-state index in [0.717, 1.165) is 19.5 Å². The van der Waals surface area contributed by atoms with E-state index in [-0.39, 0.29) is 5.69 Å². The Balaban J connectivity index is 1.83. The highest BCUT2D eigenvalue weighted by atomic mass is 19.2. The molecule has 0 fully saturated rings. The highest BCUT2D eigenvalue weighted by Gasteiger charge is 2.18. The van der Waals surface area contributed by atoms with Gasteiger partial charge in [-0.25, -0.2) is 18.2 Å². The van der Waals surface area contributed by atoms with Gasteiger partial charge in [0, 0.05) is 31.4 Å². The minimum absolute atomic E-state index is 0.0727. The fourth-order valence-corrected chi connectivity index (χ4v) is 2.09. The third kappa shape index (κ3) is 2.56. The number of benzene rings is 1. The molecule has 21 heavy (non-hydrogen) atoms. The Morgan fingerprint density at radius 1 is 1.24 bits per heavy atom. The molecule has 0 atom stereocenters. The van der Waals surface area contributed by atoms with Crippen LogP contribution in [0.2, 0.25) is 0 Å². The quantitative estimate of drug-likeness (QED) is 0.836. The SMILES string of the molecule is O=C(Nc1cc(F)c(F)cc1F)c1cn2c(n1)NCCC2. The molecule has 2 heterocycles. The maximum absolute atomic E-state index is 13.5. The van der Waals surface area contributed by atoms with Gasteiger partial charge in [0.2, 0.25) is 5.95 Å². The van der Waals surface area contributed by atoms with E-state index in [1.165, 1.54) is 6.20 Å². The maximum atomic E-state index is 13.5. The number of halogens is 3. The number of aromatic nitrogens is 2. The summed E-state index contributed by atoms with van der Waals surface area (Å²) in [6, 6.07) is 0.974. The van der Waals surface area contributed by atoms with Crippen molar-refractivity contribution in [1.82, 2.24) is 9.55 Å². The number of amides is 1. The molecular weight excluding hydrogens is 285 g/mol. The van der Waals surface area contributed by atoms with Crippen molar-refractivity contribution in [1.29, 1.82) is 0 Å². The van der Waals surface area contributed by atoms with Crippen LogP contribution < -0.4 is 10.6 Å². The van der Waals surface area contributed by atoms with E-state index in [2.05, 4.69) is 15.6 Å². The fraction of sp³-hybridized carbons (Fsp3) is 0.231. The lowest BCUT2D eigenvalue weighted by Gasteiger charge is -2.14. The number of hydrogen-bond donors (Lipinski definition) is 2. The summed E-state index contributed by atoms with van der Waals surface area (Å²) in [7, 11) is 0. The summed E-state index contributed by atoms with van der Waals surface area (Å²) >= 11 is 0. The molecule has 2 aromatic rings. The molecule has 0 aliphatic carbocycles. The second-order valence-electron chi connectivity index (χ2n) is 4.62. The molecule has 0 saturated heterocycles. The van der Waals surface area contributed by atoms with Gasteiger partial charge in [0.25, 0.3) is 5.91 Å². The van der Waals surface area contributed by atoms with Gasteiger partial charge in [-0.1, -0.05) is 0 Å². The van der Waals surface area contributed by atoms with Gasteiger partial charge in [0.15, 0.2) is 11.6 Å². The first-order valence-corrected chi connectivity index (χ1v) is 6.31. The van der Waals surface area contributed by atoms with Crippen LogP contribution in [0.5, 0.6) is 0 Å². The molecule has 5 nitrogen and oxygen atoms in total. The van der Waals surface area contributed by atoms with Crippen LogP contribution in [0.1, 0.15) is 16.9 Å². The lowest BCUT2D eigenvalue weighted by Crippen LogP contribution is -2.16. The number of nitrogens with zero attached hydrogens (tertiary/aromatic N) is 2. The first-order chi connectivity index (χ1) is 10.0. The van der Waals surface area contributed by atoms with E-state index in [1.54, 1.807) is 4.57 Å². The molecule has 0 radical (unpaired) electrons. The standard InChI is InChI=1S/C13H11F3N4O/c14-7-4-9(16)10(5-8(7)15)18-12(21)11-6-20-3-1-2-17-13(20)19-11/h4-6H,1-3H2,(H,17,19)(H,18,21). The second-order valence-corrected chi connectivity index (χ2v) is 4.62. The molecule has 0 unspecified atom stereocenters. The predicted octanol–water partition coefficient (Wildman–Crippen LogP) is 2.37. The average Bonchev–Trinajstić information content (AvgIpc) is 2.88. The van der Waals surface area contributed by atoms with E-state index in [1.807, 2.05) is 0 Å². The zero-order valence-corrected chi connectivity index (χ0v) is 10.8. The number of carbonyl (C=O) groups excluding carboxylic acids is 1. The van der Waals surface area contributed by atoms with E-state index in [9.17, 15) is 18.0 Å². The van der Waals surface area contributed by atoms with Gasteiger partial charge in [-0.05, 0) is 6.42 Å². The maximum Gasteiger partial charge on any atom is 0.276 e. The van der Waals surface area contributed by atoms with Crippen LogP contribution in [0.4, 0.5) is 24.8 Å². The zero-order valence-electron chi connectivity index (χ0n) is 10.8. The van der Waals surface area contributed by atoms with Gasteiger partial charge >= 0.3 is 0 Å². The largest absolute Gasteiger partial charge is 0.356 e. The van der Waals surface area contributed by atoms with Crippen molar-refractivity contribution in [3.63, 3.8) is 0 Å². The average molecular weight is 296 g/mol. The van der Waals surface area contributed by atoms with Gasteiger partial charge in [-0.3, -0.25) is 4.79 Å². The Morgan fingerprint density at radius 3 is 2.76 bits per heavy atom. The number of fused-ring (bicyclic) bond motifs is 1. The van der Waals surface area contributed by atoms with Crippen molar-refractivity contribution >= 4 is 17.5 Å². The molecule has 0 saturated carbocycles. The highest BCUT2D eigenvalue weighted by Crippen LogP contribution is 2.20. The number of rotatable bonds is 2. The van der Waals surface area contributed by atoms with Crippen LogP contribution in [-0.2, 0) is 6.54 Å². The van der Waals surface area contributed by atoms with Gasteiger partial charge in [-0.2, -0.15) is 0 Å². The van der Waals surface area contributed by atoms with Gasteiger partial charge in [0.1, 0.15) is 11.5 Å². The molecule has 1 aliphatic heterocycles. The summed E-state index contributed by atoms with van der Waals surface area (Å²) in [5, 5.41) is 5.20. The number of imidazole rings is 1. The Labute approximate surface area is 117 Å². The smallest absolute Gasteiger partial charge is 0.276 e. The molecular formula is C13H11F3N4O. The molecule has 1 aromatic heterocycles. The van der Waals surface area contributed by atoms with Crippen LogP contribution in [0, 0.1) is 17.5 Å². The number of nitrogens with one attached hydrogen (secondary N) is 2. The fourth-order valence-electron chi connectivity index (χ4n) is 2.09. The zero-order chi connectivity index (χ0) is 15.0. The van der Waals surface area contributed by atoms with Gasteiger partial charge < -0.3 is 15.2 Å². The normalized spacial score (nSPS) is 13.5. The van der Waals surface area contributed by atoms with Crippen molar-refractivity contribution in [2.75, 3.05) is 17.2 Å². The highest BCUT2D eigenvalue weighted by molar-refractivity contribution is 6.03. The van der Waals surface area contributed by atoms with Crippen molar-refractivity contribution < 1.29 is 18.0 Å². The molecule has 1 aliphatic rings. The van der Waals surface area contributed by atoms with E-state index >= 15 is 0 Å². The molecule has 3 rings (SSSR count). The van der Waals surface area contributed by atoms with Crippen LogP contribution in [-0.4, -0.2) is 22.0 Å². The number of aryl methyl sites for hydroxylation is 1. The molecule has 0 spiro atoms. The lowest BCUT2D eigenvalue weighted by molar-refractivity contribution is 0.102. The summed E-state index contributed by atoms with van der Waals surface area (Å²) in [5.74, 6) is -3.74. The third-order valence-electron chi connectivity index (χ3n) is 3.13. The Bertz CT molecular complexity index is 690. The van der Waals surface area contributed by atoms with E-state index in [4.69, 9.17) is 0 Å². The van der Waals surface area contributed by atoms with Crippen molar-refractivity contribution in [2.24, 2.45) is 0 Å². The second kappa shape index (κ2) is 5.12. The first kappa shape index (κ1) is 13.5. The Kier molecular flexibility index (Phi) is 3.28. The van der Waals surface area contributed by atoms with Crippen LogP contribution in [0.15, 0.2) is 18.3 Å². The Hall–Kier alpha value is -2.51. The topological polar surface area (TPSA) is 59.0 Å². The van der Waals surface area contributed by atoms with Crippen LogP contribution in [0.3, 0.4) is 0 Å². The first-order valence-electron chi connectivity index (χ1n) is 6.31. The minimum Gasteiger partial charge on any atom is -0.356 e. The molecule has 0 bridgehead atoms. The number of carbonyl (C=O) groups is 1. The molecule has 2 N–H and O–H groups in total. The van der Waals surface area contributed by atoms with E-state index < -0.39 is 29.0 Å².